The van der Waals surface area contributed by atoms with Crippen molar-refractivity contribution in [2.75, 3.05) is 22.6 Å². The fourth-order valence-corrected chi connectivity index (χ4v) is 2.42. The molecule has 0 unspecified atom stereocenters. The van der Waals surface area contributed by atoms with E-state index in [4.69, 9.17) is 4.74 Å². The van der Waals surface area contributed by atoms with Gasteiger partial charge in [-0.15, -0.1) is 10.2 Å². The molecule has 8 heteroatoms. The van der Waals surface area contributed by atoms with E-state index in [0.717, 1.165) is 11.3 Å². The highest BCUT2D eigenvalue weighted by atomic mass is 16.5. The highest BCUT2D eigenvalue weighted by Gasteiger charge is 2.06. The number of benzene rings is 2. The molecule has 3 aromatic rings. The molecular weight excluding hydrogens is 370 g/mol. The maximum atomic E-state index is 12.0. The summed E-state index contributed by atoms with van der Waals surface area (Å²) in [5.41, 5.74) is 2.62. The topological polar surface area (TPSA) is 105 Å². The van der Waals surface area contributed by atoms with Gasteiger partial charge in [-0.05, 0) is 55.5 Å². The molecule has 2 aromatic carbocycles. The van der Waals surface area contributed by atoms with E-state index in [-0.39, 0.29) is 18.4 Å². The molecule has 8 nitrogen and oxygen atoms in total. The van der Waals surface area contributed by atoms with Crippen LogP contribution in [0.15, 0.2) is 60.7 Å². The Hall–Kier alpha value is -3.94. The molecule has 1 aromatic heterocycles. The first-order chi connectivity index (χ1) is 14.0. The molecule has 0 bridgehead atoms. The quantitative estimate of drug-likeness (QED) is 0.569. The summed E-state index contributed by atoms with van der Waals surface area (Å²) in [6, 6.07) is 18.0. The van der Waals surface area contributed by atoms with Gasteiger partial charge in [0.25, 0.3) is 5.91 Å². The fraction of sp³-hybridized carbons (Fsp3) is 0.143. The van der Waals surface area contributed by atoms with Gasteiger partial charge in [0.1, 0.15) is 5.75 Å². The van der Waals surface area contributed by atoms with E-state index >= 15 is 0 Å². The van der Waals surface area contributed by atoms with E-state index < -0.39 is 0 Å². The van der Waals surface area contributed by atoms with E-state index in [0.29, 0.717) is 23.1 Å². The van der Waals surface area contributed by atoms with Crippen LogP contribution in [0, 0.1) is 6.92 Å². The van der Waals surface area contributed by atoms with Crippen LogP contribution in [0.2, 0.25) is 0 Å². The maximum absolute atomic E-state index is 12.0. The summed E-state index contributed by atoms with van der Waals surface area (Å²) in [6.45, 7) is 3.32. The Kier molecular flexibility index (Phi) is 6.36. The molecule has 0 aliphatic carbocycles. The Labute approximate surface area is 168 Å². The van der Waals surface area contributed by atoms with E-state index in [1.165, 1.54) is 6.92 Å². The molecule has 29 heavy (non-hydrogen) atoms. The molecule has 3 N–H and O–H groups in total. The average Bonchev–Trinajstić information content (AvgIpc) is 2.70. The van der Waals surface area contributed by atoms with Crippen molar-refractivity contribution >= 4 is 34.8 Å². The molecule has 0 aliphatic rings. The monoisotopic (exact) mass is 391 g/mol. The summed E-state index contributed by atoms with van der Waals surface area (Å²) in [6.07, 6.45) is 0. The highest BCUT2D eigenvalue weighted by molar-refractivity contribution is 5.91. The van der Waals surface area contributed by atoms with Gasteiger partial charge in [-0.2, -0.15) is 0 Å². The minimum Gasteiger partial charge on any atom is -0.484 e. The third-order valence-corrected chi connectivity index (χ3v) is 3.80. The van der Waals surface area contributed by atoms with Crippen molar-refractivity contribution < 1.29 is 14.3 Å². The second-order valence-electron chi connectivity index (χ2n) is 6.34. The number of nitrogens with zero attached hydrogens (tertiary/aromatic N) is 2. The summed E-state index contributed by atoms with van der Waals surface area (Å²) in [7, 11) is 0. The number of amides is 2. The second kappa shape index (κ2) is 9.32. The van der Waals surface area contributed by atoms with E-state index in [9.17, 15) is 9.59 Å². The van der Waals surface area contributed by atoms with Crippen LogP contribution >= 0.6 is 0 Å². The molecule has 0 atom stereocenters. The predicted molar refractivity (Wildman–Crippen MR) is 111 cm³/mol. The minimum absolute atomic E-state index is 0.120. The number of aromatic nitrogens is 2. The van der Waals surface area contributed by atoms with Crippen LogP contribution in [0.3, 0.4) is 0 Å². The largest absolute Gasteiger partial charge is 0.484 e. The van der Waals surface area contributed by atoms with E-state index in [1.54, 1.807) is 24.3 Å². The Morgan fingerprint density at radius 2 is 1.45 bits per heavy atom. The zero-order valence-corrected chi connectivity index (χ0v) is 16.1. The second-order valence-corrected chi connectivity index (χ2v) is 6.34. The number of rotatable bonds is 7. The lowest BCUT2D eigenvalue weighted by atomic mass is 10.2. The van der Waals surface area contributed by atoms with Crippen molar-refractivity contribution in [3.63, 3.8) is 0 Å². The highest BCUT2D eigenvalue weighted by Crippen LogP contribution is 2.18. The summed E-state index contributed by atoms with van der Waals surface area (Å²) in [5, 5.41) is 16.4. The lowest BCUT2D eigenvalue weighted by molar-refractivity contribution is -0.118. The van der Waals surface area contributed by atoms with Crippen molar-refractivity contribution in [3.05, 3.63) is 66.2 Å². The molecule has 0 radical (unpaired) electrons. The maximum Gasteiger partial charge on any atom is 0.263 e. The van der Waals surface area contributed by atoms with E-state index in [2.05, 4.69) is 26.1 Å². The van der Waals surface area contributed by atoms with Crippen LogP contribution in [0.4, 0.5) is 23.0 Å². The normalized spacial score (nSPS) is 10.1. The summed E-state index contributed by atoms with van der Waals surface area (Å²) >= 11 is 0. The smallest absolute Gasteiger partial charge is 0.263 e. The van der Waals surface area contributed by atoms with Gasteiger partial charge in [-0.1, -0.05) is 17.7 Å². The predicted octanol–water partition coefficient (Wildman–Crippen LogP) is 3.50. The molecule has 0 saturated carbocycles. The molecular formula is C21H21N5O3. The molecule has 148 valence electrons. The number of aryl methyl sites for hydroxylation is 1. The number of ether oxygens (including phenoxy) is 1. The number of nitrogens with one attached hydrogen (secondary N) is 3. The van der Waals surface area contributed by atoms with Crippen LogP contribution in [0.25, 0.3) is 0 Å². The first kappa shape index (κ1) is 19.8. The number of anilines is 4. The standard InChI is InChI=1S/C21H21N5O3/c1-14-3-9-18(10-4-14)29-13-21(28)24-20-12-11-19(25-26-20)23-17-7-5-16(6-8-17)22-15(2)27/h3-12H,13H2,1-2H3,(H,22,27)(H,23,25)(H,24,26,28). The fourth-order valence-electron chi connectivity index (χ4n) is 2.42. The van der Waals surface area contributed by atoms with Gasteiger partial charge in [-0.3, -0.25) is 9.59 Å². The number of carbonyl (C=O) groups is 2. The van der Waals surface area contributed by atoms with Crippen molar-refractivity contribution in [3.8, 4) is 5.75 Å². The van der Waals surface area contributed by atoms with Crippen molar-refractivity contribution in [2.24, 2.45) is 0 Å². The van der Waals surface area contributed by atoms with E-state index in [1.807, 2.05) is 43.3 Å². The lowest BCUT2D eigenvalue weighted by Gasteiger charge is -2.09. The zero-order valence-electron chi connectivity index (χ0n) is 16.1. The Morgan fingerprint density at radius 3 is 2.07 bits per heavy atom. The van der Waals surface area contributed by atoms with Gasteiger partial charge in [0.15, 0.2) is 18.2 Å². The van der Waals surface area contributed by atoms with Crippen LogP contribution in [0.5, 0.6) is 5.75 Å². The van der Waals surface area contributed by atoms with Gasteiger partial charge in [0, 0.05) is 18.3 Å². The lowest BCUT2D eigenvalue weighted by Crippen LogP contribution is -2.21. The first-order valence-electron chi connectivity index (χ1n) is 8.96. The van der Waals surface area contributed by atoms with Crippen LogP contribution in [0.1, 0.15) is 12.5 Å². The Balaban J connectivity index is 1.49. The Morgan fingerprint density at radius 1 is 0.828 bits per heavy atom. The average molecular weight is 391 g/mol. The summed E-state index contributed by atoms with van der Waals surface area (Å²) in [4.78, 5) is 23.0. The van der Waals surface area contributed by atoms with Gasteiger partial charge in [0.05, 0.1) is 0 Å². The third kappa shape index (κ3) is 6.31. The van der Waals surface area contributed by atoms with Gasteiger partial charge < -0.3 is 20.7 Å². The molecule has 3 rings (SSSR count). The van der Waals surface area contributed by atoms with Gasteiger partial charge in [-0.25, -0.2) is 0 Å². The third-order valence-electron chi connectivity index (χ3n) is 3.80. The van der Waals surface area contributed by atoms with Crippen LogP contribution in [-0.2, 0) is 9.59 Å². The van der Waals surface area contributed by atoms with Gasteiger partial charge in [0.2, 0.25) is 5.91 Å². The Bertz CT molecular complexity index is 971. The van der Waals surface area contributed by atoms with Crippen molar-refractivity contribution in [1.29, 1.82) is 0 Å². The van der Waals surface area contributed by atoms with Gasteiger partial charge >= 0.3 is 0 Å². The molecule has 0 aliphatic heterocycles. The minimum atomic E-state index is -0.325. The molecule has 1 heterocycles. The molecule has 0 spiro atoms. The summed E-state index contributed by atoms with van der Waals surface area (Å²) in [5.74, 6) is 1.02. The first-order valence-corrected chi connectivity index (χ1v) is 8.96. The van der Waals surface area contributed by atoms with Crippen LogP contribution in [-0.4, -0.2) is 28.6 Å². The molecule has 0 saturated heterocycles. The number of hydrogen-bond acceptors (Lipinski definition) is 6. The van der Waals surface area contributed by atoms with Crippen molar-refractivity contribution in [2.45, 2.75) is 13.8 Å². The zero-order chi connectivity index (χ0) is 20.6. The van der Waals surface area contributed by atoms with Crippen molar-refractivity contribution in [1.82, 2.24) is 10.2 Å². The SMILES string of the molecule is CC(=O)Nc1ccc(Nc2ccc(NC(=O)COc3ccc(C)cc3)nn2)cc1. The summed E-state index contributed by atoms with van der Waals surface area (Å²) < 4.78 is 5.43. The number of hydrogen-bond donors (Lipinski definition) is 3. The molecule has 2 amide bonds. The molecule has 0 fully saturated rings. The number of carbonyl (C=O) groups excluding carboxylic acids is 2. The van der Waals surface area contributed by atoms with Crippen LogP contribution < -0.4 is 20.7 Å².